The summed E-state index contributed by atoms with van der Waals surface area (Å²) in [4.78, 5) is 11.7. The normalized spacial score (nSPS) is 19.8. The minimum absolute atomic E-state index is 0.0407. The van der Waals surface area contributed by atoms with Gasteiger partial charge < -0.3 is 15.8 Å². The van der Waals surface area contributed by atoms with Crippen molar-refractivity contribution >= 4 is 5.91 Å². The van der Waals surface area contributed by atoms with E-state index in [2.05, 4.69) is 5.32 Å². The molecule has 0 aromatic heterocycles. The predicted molar refractivity (Wildman–Crippen MR) is 64.1 cm³/mol. The van der Waals surface area contributed by atoms with Gasteiger partial charge in [0.05, 0.1) is 11.6 Å². The molecule has 1 aliphatic carbocycles. The summed E-state index contributed by atoms with van der Waals surface area (Å²) < 4.78 is 5.28. The molecule has 0 aromatic rings. The maximum Gasteiger partial charge on any atom is 0.246 e. The molecule has 94 valence electrons. The number of hydrogen-bond acceptors (Lipinski definition) is 3. The van der Waals surface area contributed by atoms with Gasteiger partial charge in [0.25, 0.3) is 0 Å². The molecule has 0 heterocycles. The van der Waals surface area contributed by atoms with E-state index in [0.717, 1.165) is 25.7 Å². The summed E-state index contributed by atoms with van der Waals surface area (Å²) in [5.41, 5.74) is 5.62. The van der Waals surface area contributed by atoms with Crippen molar-refractivity contribution in [1.82, 2.24) is 5.32 Å². The molecule has 16 heavy (non-hydrogen) atoms. The molecular formula is C12H24N2O2. The minimum atomic E-state index is -0.171. The summed E-state index contributed by atoms with van der Waals surface area (Å²) in [5.74, 6) is -0.0407. The third-order valence-electron chi connectivity index (χ3n) is 3.15. The van der Waals surface area contributed by atoms with Crippen molar-refractivity contribution in [3.8, 4) is 0 Å². The minimum Gasteiger partial charge on any atom is -0.369 e. The molecule has 1 aliphatic rings. The molecule has 4 heteroatoms. The molecule has 4 nitrogen and oxygen atoms in total. The fourth-order valence-electron chi connectivity index (χ4n) is 2.18. The van der Waals surface area contributed by atoms with Crippen LogP contribution < -0.4 is 11.1 Å². The Morgan fingerprint density at radius 3 is 2.50 bits per heavy atom. The summed E-state index contributed by atoms with van der Waals surface area (Å²) in [6, 6.07) is 0. The fourth-order valence-corrected chi connectivity index (χ4v) is 2.18. The smallest absolute Gasteiger partial charge is 0.246 e. The Morgan fingerprint density at radius 1 is 1.38 bits per heavy atom. The topological polar surface area (TPSA) is 64.3 Å². The van der Waals surface area contributed by atoms with Gasteiger partial charge in [-0.15, -0.1) is 0 Å². The van der Waals surface area contributed by atoms with Crippen LogP contribution in [0.1, 0.15) is 46.0 Å². The third-order valence-corrected chi connectivity index (χ3v) is 3.15. The average Bonchev–Trinajstić information content (AvgIpc) is 2.28. The number of ether oxygens (including phenoxy) is 1. The molecule has 0 bridgehead atoms. The molecule has 0 unspecified atom stereocenters. The van der Waals surface area contributed by atoms with Crippen molar-refractivity contribution in [2.45, 2.75) is 57.6 Å². The van der Waals surface area contributed by atoms with Crippen LogP contribution in [-0.2, 0) is 9.53 Å². The van der Waals surface area contributed by atoms with Gasteiger partial charge in [0, 0.05) is 6.54 Å². The van der Waals surface area contributed by atoms with Gasteiger partial charge in [0.1, 0.15) is 6.61 Å². The third kappa shape index (κ3) is 4.10. The van der Waals surface area contributed by atoms with E-state index in [9.17, 15) is 4.79 Å². The number of hydrogen-bond donors (Lipinski definition) is 2. The maximum absolute atomic E-state index is 11.7. The molecule has 1 fully saturated rings. The lowest BCUT2D eigenvalue weighted by Crippen LogP contribution is -2.55. The van der Waals surface area contributed by atoms with E-state index in [1.807, 2.05) is 13.8 Å². The predicted octanol–water partition coefficient (Wildman–Crippen LogP) is 1.19. The van der Waals surface area contributed by atoms with E-state index in [0.29, 0.717) is 6.54 Å². The Morgan fingerprint density at radius 2 is 2.00 bits per heavy atom. The number of rotatable bonds is 5. The van der Waals surface area contributed by atoms with Crippen molar-refractivity contribution in [2.24, 2.45) is 5.73 Å². The van der Waals surface area contributed by atoms with Crippen molar-refractivity contribution in [1.29, 1.82) is 0 Å². The largest absolute Gasteiger partial charge is 0.369 e. The van der Waals surface area contributed by atoms with Crippen LogP contribution in [0.25, 0.3) is 0 Å². The number of nitrogens with one attached hydrogen (secondary N) is 1. The van der Waals surface area contributed by atoms with Gasteiger partial charge in [0.15, 0.2) is 0 Å². The van der Waals surface area contributed by atoms with Crippen LogP contribution in [0.5, 0.6) is 0 Å². The summed E-state index contributed by atoms with van der Waals surface area (Å²) in [5, 5.41) is 3.05. The fraction of sp³-hybridized carbons (Fsp3) is 0.917. The lowest BCUT2D eigenvalue weighted by Gasteiger charge is -2.37. The van der Waals surface area contributed by atoms with Crippen molar-refractivity contribution in [2.75, 3.05) is 13.2 Å². The molecule has 3 N–H and O–H groups in total. The first-order chi connectivity index (χ1) is 7.58. The van der Waals surface area contributed by atoms with E-state index >= 15 is 0 Å². The maximum atomic E-state index is 11.7. The van der Waals surface area contributed by atoms with Crippen LogP contribution in [0.3, 0.4) is 0 Å². The van der Waals surface area contributed by atoms with Gasteiger partial charge in [-0.25, -0.2) is 0 Å². The highest BCUT2D eigenvalue weighted by molar-refractivity contribution is 5.78. The van der Waals surface area contributed by atoms with Gasteiger partial charge in [-0.3, -0.25) is 4.79 Å². The summed E-state index contributed by atoms with van der Waals surface area (Å²) >= 11 is 0. The van der Waals surface area contributed by atoms with Crippen molar-refractivity contribution < 1.29 is 9.53 Å². The monoisotopic (exact) mass is 228 g/mol. The molecule has 0 atom stereocenters. The Labute approximate surface area is 97.9 Å². The van der Waals surface area contributed by atoms with Crippen LogP contribution in [0, 0.1) is 0 Å². The average molecular weight is 228 g/mol. The zero-order chi connectivity index (χ0) is 12.0. The van der Waals surface area contributed by atoms with Crippen LogP contribution in [0.4, 0.5) is 0 Å². The molecule has 1 rings (SSSR count). The van der Waals surface area contributed by atoms with Gasteiger partial charge in [-0.05, 0) is 26.7 Å². The van der Waals surface area contributed by atoms with Crippen LogP contribution >= 0.6 is 0 Å². The van der Waals surface area contributed by atoms with E-state index in [4.69, 9.17) is 10.5 Å². The Bertz CT molecular complexity index is 223. The Kier molecular flexibility index (Phi) is 5.22. The summed E-state index contributed by atoms with van der Waals surface area (Å²) in [6.45, 7) is 4.51. The van der Waals surface area contributed by atoms with E-state index in [-0.39, 0.29) is 24.2 Å². The van der Waals surface area contributed by atoms with E-state index in [1.54, 1.807) is 0 Å². The van der Waals surface area contributed by atoms with E-state index < -0.39 is 0 Å². The van der Waals surface area contributed by atoms with Gasteiger partial charge >= 0.3 is 0 Å². The number of amides is 1. The molecule has 0 spiro atoms. The molecule has 0 radical (unpaired) electrons. The second-order valence-corrected chi connectivity index (χ2v) is 4.95. The Hall–Kier alpha value is -0.610. The number of carbonyl (C=O) groups excluding carboxylic acids is 1. The van der Waals surface area contributed by atoms with Crippen LogP contribution in [-0.4, -0.2) is 30.7 Å². The zero-order valence-electron chi connectivity index (χ0n) is 10.4. The zero-order valence-corrected chi connectivity index (χ0v) is 10.4. The summed E-state index contributed by atoms with van der Waals surface area (Å²) in [7, 11) is 0. The van der Waals surface area contributed by atoms with Crippen molar-refractivity contribution in [3.05, 3.63) is 0 Å². The number of nitrogens with two attached hydrogens (primary N) is 1. The lowest BCUT2D eigenvalue weighted by molar-refractivity contribution is -0.129. The second kappa shape index (κ2) is 6.21. The molecular weight excluding hydrogens is 204 g/mol. The Balaban J connectivity index is 2.39. The molecule has 1 amide bonds. The standard InChI is InChI=1S/C12H24N2O2/c1-10(2)16-8-11(15)14-12(9-13)6-4-3-5-7-12/h10H,3-9,13H2,1-2H3,(H,14,15). The number of carbonyl (C=O) groups is 1. The van der Waals surface area contributed by atoms with Crippen molar-refractivity contribution in [3.63, 3.8) is 0 Å². The quantitative estimate of drug-likeness (QED) is 0.743. The van der Waals surface area contributed by atoms with Crippen LogP contribution in [0.2, 0.25) is 0 Å². The highest BCUT2D eigenvalue weighted by Crippen LogP contribution is 2.27. The molecule has 0 saturated heterocycles. The first kappa shape index (κ1) is 13.5. The molecule has 0 aliphatic heterocycles. The summed E-state index contributed by atoms with van der Waals surface area (Å²) in [6.07, 6.45) is 5.64. The SMILES string of the molecule is CC(C)OCC(=O)NC1(CN)CCCCC1. The van der Waals surface area contributed by atoms with Gasteiger partial charge in [-0.2, -0.15) is 0 Å². The van der Waals surface area contributed by atoms with Crippen LogP contribution in [0.15, 0.2) is 0 Å². The first-order valence-electron chi connectivity index (χ1n) is 6.21. The second-order valence-electron chi connectivity index (χ2n) is 4.95. The molecule has 1 saturated carbocycles. The van der Waals surface area contributed by atoms with Gasteiger partial charge in [-0.1, -0.05) is 19.3 Å². The van der Waals surface area contributed by atoms with E-state index in [1.165, 1.54) is 6.42 Å². The lowest BCUT2D eigenvalue weighted by atomic mass is 9.81. The molecule has 0 aromatic carbocycles. The first-order valence-corrected chi connectivity index (χ1v) is 6.21. The van der Waals surface area contributed by atoms with Gasteiger partial charge in [0.2, 0.25) is 5.91 Å². The highest BCUT2D eigenvalue weighted by Gasteiger charge is 2.31. The highest BCUT2D eigenvalue weighted by atomic mass is 16.5.